The van der Waals surface area contributed by atoms with E-state index in [1.165, 1.54) is 60.4 Å². The Morgan fingerprint density at radius 1 is 0.569 bits per heavy atom. The van der Waals surface area contributed by atoms with E-state index in [1.54, 1.807) is 5.56 Å². The monoisotopic (exact) mass is 697 g/mol. The van der Waals surface area contributed by atoms with Gasteiger partial charge >= 0.3 is 0 Å². The third-order valence-electron chi connectivity index (χ3n) is 11.8. The number of hydrogen-bond acceptors (Lipinski definition) is 2. The van der Waals surface area contributed by atoms with Crippen LogP contribution in [-0.2, 0) is 44.7 Å². The molecule has 0 amide bonds. The highest BCUT2D eigenvalue weighted by atomic mass is 31.1. The van der Waals surface area contributed by atoms with Gasteiger partial charge in [-0.3, -0.25) is 0 Å². The van der Waals surface area contributed by atoms with E-state index in [-0.39, 0.29) is 27.1 Å². The lowest BCUT2D eigenvalue weighted by Gasteiger charge is -2.35. The van der Waals surface area contributed by atoms with E-state index >= 15 is 0 Å². The molecule has 0 aromatic heterocycles. The minimum atomic E-state index is -0.915. The molecule has 0 saturated carbocycles. The van der Waals surface area contributed by atoms with Gasteiger partial charge in [-0.2, -0.15) is 0 Å². The summed E-state index contributed by atoms with van der Waals surface area (Å²) in [5.41, 5.74) is 13.1. The van der Waals surface area contributed by atoms with Crippen LogP contribution in [0.15, 0.2) is 77.8 Å². The standard InChI is InChI=1S/C48H60NOP/c1-44(2,3)33-25-34(45(4,5)6)28-37(27-33)51(38-29-35(46(7,8)9)26-36(30-38)47(10,11)12)40-18-14-16-32-20-22-48(42(32)40)21-19-31-15-13-17-39(41(31)48)43-49-23-24-50-43/h13-18,25-30H,19-24H2,1-12H3/t48-/m1/s1. The summed E-state index contributed by atoms with van der Waals surface area (Å²) in [7, 11) is -0.915. The summed E-state index contributed by atoms with van der Waals surface area (Å²) in [5, 5.41) is 4.48. The van der Waals surface area contributed by atoms with Gasteiger partial charge in [0.2, 0.25) is 5.90 Å². The molecule has 4 aromatic rings. The van der Waals surface area contributed by atoms with Crippen molar-refractivity contribution >= 4 is 29.7 Å². The first-order valence-corrected chi connectivity index (χ1v) is 20.7. The fourth-order valence-electron chi connectivity index (χ4n) is 8.67. The summed E-state index contributed by atoms with van der Waals surface area (Å²) in [5.74, 6) is 0.849. The second-order valence-electron chi connectivity index (χ2n) is 19.6. The Labute approximate surface area is 310 Å². The van der Waals surface area contributed by atoms with Crippen LogP contribution < -0.4 is 15.9 Å². The van der Waals surface area contributed by atoms with Gasteiger partial charge in [0.1, 0.15) is 6.61 Å². The maximum atomic E-state index is 6.21. The summed E-state index contributed by atoms with van der Waals surface area (Å²) in [4.78, 5) is 4.88. The number of benzene rings is 4. The molecule has 4 aromatic carbocycles. The van der Waals surface area contributed by atoms with Crippen molar-refractivity contribution in [3.05, 3.63) is 123 Å². The molecule has 51 heavy (non-hydrogen) atoms. The molecule has 1 heterocycles. The van der Waals surface area contributed by atoms with E-state index in [4.69, 9.17) is 9.73 Å². The van der Waals surface area contributed by atoms with Crippen LogP contribution in [0.1, 0.15) is 146 Å². The topological polar surface area (TPSA) is 21.6 Å². The van der Waals surface area contributed by atoms with Gasteiger partial charge in [0, 0.05) is 11.0 Å². The molecule has 0 fully saturated rings. The largest absolute Gasteiger partial charge is 0.476 e. The molecule has 0 N–H and O–H groups in total. The zero-order valence-corrected chi connectivity index (χ0v) is 34.4. The molecule has 3 heteroatoms. The van der Waals surface area contributed by atoms with Crippen LogP contribution in [0.3, 0.4) is 0 Å². The quantitative estimate of drug-likeness (QED) is 0.195. The summed E-state index contributed by atoms with van der Waals surface area (Å²) in [6.07, 6.45) is 4.50. The average Bonchev–Trinajstić information content (AvgIpc) is 3.80. The summed E-state index contributed by atoms with van der Waals surface area (Å²) >= 11 is 0. The first-order valence-electron chi connectivity index (χ1n) is 19.3. The number of rotatable bonds is 4. The predicted molar refractivity (Wildman–Crippen MR) is 221 cm³/mol. The second-order valence-corrected chi connectivity index (χ2v) is 21.8. The van der Waals surface area contributed by atoms with Crippen molar-refractivity contribution in [3.8, 4) is 0 Å². The van der Waals surface area contributed by atoms with E-state index in [1.807, 2.05) is 0 Å². The smallest absolute Gasteiger partial charge is 0.216 e. The minimum Gasteiger partial charge on any atom is -0.476 e. The fraction of sp³-hybridized carbons (Fsp3) is 0.479. The van der Waals surface area contributed by atoms with E-state index in [2.05, 4.69) is 156 Å². The molecule has 2 aliphatic carbocycles. The minimum absolute atomic E-state index is 0.0298. The fourth-order valence-corrected chi connectivity index (χ4v) is 11.4. The number of nitrogens with zero attached hydrogens (tertiary/aromatic N) is 1. The molecule has 268 valence electrons. The van der Waals surface area contributed by atoms with Crippen molar-refractivity contribution in [1.29, 1.82) is 0 Å². The summed E-state index contributed by atoms with van der Waals surface area (Å²) in [6, 6.07) is 29.5. The first-order chi connectivity index (χ1) is 23.8. The van der Waals surface area contributed by atoms with Crippen molar-refractivity contribution < 1.29 is 4.74 Å². The van der Waals surface area contributed by atoms with Crippen LogP contribution in [-0.4, -0.2) is 19.0 Å². The van der Waals surface area contributed by atoms with Crippen molar-refractivity contribution in [3.63, 3.8) is 0 Å². The molecule has 1 spiro atoms. The predicted octanol–water partition coefficient (Wildman–Crippen LogP) is 10.6. The van der Waals surface area contributed by atoms with Crippen molar-refractivity contribution in [2.75, 3.05) is 13.2 Å². The normalized spacial score (nSPS) is 19.0. The zero-order valence-electron chi connectivity index (χ0n) is 33.5. The molecule has 0 saturated heterocycles. The SMILES string of the molecule is CC(C)(C)c1cc(P(c2cc(C(C)(C)C)cc(C(C)(C)C)c2)c2cccc3c2[C@]2(CCc4cccc(C5=NCCO5)c42)CC3)cc(C(C)(C)C)c1. The van der Waals surface area contributed by atoms with Gasteiger partial charge in [-0.25, -0.2) is 4.99 Å². The third kappa shape index (κ3) is 6.54. The Hall–Kier alpha value is -3.22. The Balaban J connectivity index is 1.57. The van der Waals surface area contributed by atoms with Crippen LogP contribution in [0, 0.1) is 0 Å². The molecular weight excluding hydrogens is 638 g/mol. The summed E-state index contributed by atoms with van der Waals surface area (Å²) in [6.45, 7) is 29.9. The van der Waals surface area contributed by atoms with Crippen LogP contribution in [0.4, 0.5) is 0 Å². The Morgan fingerprint density at radius 2 is 1.02 bits per heavy atom. The Morgan fingerprint density at radius 3 is 1.45 bits per heavy atom. The maximum Gasteiger partial charge on any atom is 0.216 e. The molecule has 1 atom stereocenters. The molecule has 0 radical (unpaired) electrons. The number of aliphatic imine (C=N–C) groups is 1. The van der Waals surface area contributed by atoms with Gasteiger partial charge in [-0.15, -0.1) is 0 Å². The third-order valence-corrected chi connectivity index (χ3v) is 14.2. The Bertz CT molecular complexity index is 1880. The number of fused-ring (bicyclic) bond motifs is 4. The van der Waals surface area contributed by atoms with Gasteiger partial charge in [0.25, 0.3) is 0 Å². The second kappa shape index (κ2) is 12.4. The van der Waals surface area contributed by atoms with Gasteiger partial charge in [0.05, 0.1) is 6.54 Å². The summed E-state index contributed by atoms with van der Waals surface area (Å²) < 4.78 is 6.21. The van der Waals surface area contributed by atoms with Crippen LogP contribution in [0.2, 0.25) is 0 Å². The lowest BCUT2D eigenvalue weighted by atomic mass is 9.74. The molecule has 3 aliphatic rings. The van der Waals surface area contributed by atoms with Gasteiger partial charge in [0.15, 0.2) is 0 Å². The van der Waals surface area contributed by atoms with Crippen LogP contribution in [0.25, 0.3) is 0 Å². The van der Waals surface area contributed by atoms with Gasteiger partial charge in [-0.05, 0) is 122 Å². The first kappa shape index (κ1) is 36.2. The number of hydrogen-bond donors (Lipinski definition) is 0. The van der Waals surface area contributed by atoms with E-state index in [0.29, 0.717) is 6.61 Å². The lowest BCUT2D eigenvalue weighted by molar-refractivity contribution is 0.347. The molecule has 0 unspecified atom stereocenters. The van der Waals surface area contributed by atoms with Crippen molar-refractivity contribution in [2.24, 2.45) is 4.99 Å². The van der Waals surface area contributed by atoms with Crippen LogP contribution >= 0.6 is 7.92 Å². The van der Waals surface area contributed by atoms with Crippen molar-refractivity contribution in [1.82, 2.24) is 0 Å². The molecule has 0 bridgehead atoms. The van der Waals surface area contributed by atoms with Gasteiger partial charge < -0.3 is 4.74 Å². The van der Waals surface area contributed by atoms with Crippen LogP contribution in [0.5, 0.6) is 0 Å². The zero-order chi connectivity index (χ0) is 36.7. The highest BCUT2D eigenvalue weighted by Crippen LogP contribution is 2.55. The maximum absolute atomic E-state index is 6.21. The lowest BCUT2D eigenvalue weighted by Crippen LogP contribution is -2.34. The van der Waals surface area contributed by atoms with E-state index in [9.17, 15) is 0 Å². The average molecular weight is 698 g/mol. The molecule has 7 rings (SSSR count). The van der Waals surface area contributed by atoms with E-state index < -0.39 is 7.92 Å². The Kier molecular flexibility index (Phi) is 8.82. The van der Waals surface area contributed by atoms with Gasteiger partial charge in [-0.1, -0.05) is 150 Å². The molecule has 2 nitrogen and oxygen atoms in total. The number of aryl methyl sites for hydroxylation is 2. The van der Waals surface area contributed by atoms with E-state index in [0.717, 1.165) is 38.1 Å². The highest BCUT2D eigenvalue weighted by molar-refractivity contribution is 7.80. The molecular formula is C48H60NOP. The highest BCUT2D eigenvalue weighted by Gasteiger charge is 2.49. The van der Waals surface area contributed by atoms with Crippen molar-refractivity contribution in [2.45, 2.75) is 136 Å². The molecule has 1 aliphatic heterocycles. The number of ether oxygens (including phenoxy) is 1.